The molecule has 0 saturated carbocycles. The van der Waals surface area contributed by atoms with Gasteiger partial charge in [0.15, 0.2) is 0 Å². The van der Waals surface area contributed by atoms with Gasteiger partial charge in [0.25, 0.3) is 0 Å². The Bertz CT molecular complexity index is 305. The molecule has 0 nitrogen and oxygen atoms in total. The van der Waals surface area contributed by atoms with Crippen molar-refractivity contribution in [3.8, 4) is 0 Å². The van der Waals surface area contributed by atoms with Gasteiger partial charge in [-0.05, 0) is 11.8 Å². The second-order valence-electron chi connectivity index (χ2n) is 2.87. The van der Waals surface area contributed by atoms with Gasteiger partial charge in [-0.3, -0.25) is 0 Å². The maximum atomic E-state index is 12.7. The zero-order valence-electron chi connectivity index (χ0n) is 6.69. The van der Waals surface area contributed by atoms with E-state index in [-0.39, 0.29) is 0 Å². The molecule has 0 aromatic carbocycles. The molecule has 16 heavy (non-hydrogen) atoms. The maximum absolute atomic E-state index is 12.7. The van der Waals surface area contributed by atoms with E-state index >= 15 is 0 Å². The first-order valence-electron chi connectivity index (χ1n) is 3.30. The van der Waals surface area contributed by atoms with Gasteiger partial charge < -0.3 is 0 Å². The molecule has 1 atom stereocenters. The van der Waals surface area contributed by atoms with Crippen LogP contribution in [0.4, 0.5) is 43.9 Å². The van der Waals surface area contributed by atoms with Crippen molar-refractivity contribution in [3.63, 3.8) is 0 Å². The maximum Gasteiger partial charge on any atom is 0.435 e. The van der Waals surface area contributed by atoms with E-state index in [0.29, 0.717) is 0 Å². The summed E-state index contributed by atoms with van der Waals surface area (Å²) in [7, 11) is 0. The lowest BCUT2D eigenvalue weighted by atomic mass is 9.97. The first-order valence-corrected chi connectivity index (χ1v) is 4.11. The molecular weight excluding hydrogens is 282 g/mol. The molecule has 0 bridgehead atoms. The van der Waals surface area contributed by atoms with Crippen molar-refractivity contribution in [2.24, 2.45) is 0 Å². The number of hydrogen-bond acceptors (Lipinski definition) is 1. The van der Waals surface area contributed by atoms with Crippen LogP contribution < -0.4 is 0 Å². The Balaban J connectivity index is 3.48. The molecule has 1 rings (SSSR count). The van der Waals surface area contributed by atoms with E-state index in [1.807, 2.05) is 0 Å². The van der Waals surface area contributed by atoms with Crippen LogP contribution in [0.5, 0.6) is 0 Å². The predicted octanol–water partition coefficient (Wildman–Crippen LogP) is 3.82. The third-order valence-corrected chi connectivity index (χ3v) is 2.90. The first kappa shape index (κ1) is 13.7. The van der Waals surface area contributed by atoms with Crippen LogP contribution in [-0.4, -0.2) is 28.3 Å². The minimum Gasteiger partial charge on any atom is -0.219 e. The lowest BCUT2D eigenvalue weighted by Crippen LogP contribution is -2.63. The van der Waals surface area contributed by atoms with E-state index in [1.54, 1.807) is 0 Å². The van der Waals surface area contributed by atoms with Crippen molar-refractivity contribution < 1.29 is 43.9 Å². The third-order valence-electron chi connectivity index (χ3n) is 1.85. The van der Waals surface area contributed by atoms with Crippen molar-refractivity contribution in [1.29, 1.82) is 0 Å². The molecule has 0 N–H and O–H groups in total. The van der Waals surface area contributed by atoms with E-state index in [1.165, 1.54) is 0 Å². The van der Waals surface area contributed by atoms with Crippen LogP contribution in [0.25, 0.3) is 0 Å². The molecule has 0 spiro atoms. The number of halogens is 10. The van der Waals surface area contributed by atoms with Crippen molar-refractivity contribution >= 4 is 11.8 Å². The van der Waals surface area contributed by atoms with Crippen LogP contribution in [-0.2, 0) is 0 Å². The topological polar surface area (TPSA) is 0 Å². The third kappa shape index (κ3) is 1.26. The zero-order chi connectivity index (χ0) is 13.2. The van der Waals surface area contributed by atoms with Crippen LogP contribution in [0.15, 0.2) is 0 Å². The van der Waals surface area contributed by atoms with Crippen molar-refractivity contribution in [3.05, 3.63) is 0 Å². The molecule has 96 valence electrons. The minimum absolute atomic E-state index is 2.35. The van der Waals surface area contributed by atoms with Gasteiger partial charge in [0.2, 0.25) is 0 Å². The summed E-state index contributed by atoms with van der Waals surface area (Å²) >= 11 is -2.35. The molecule has 0 aromatic heterocycles. The second kappa shape index (κ2) is 2.91. The Morgan fingerprint density at radius 2 is 1.06 bits per heavy atom. The molecule has 1 aliphatic heterocycles. The predicted molar refractivity (Wildman–Crippen MR) is 32.3 cm³/mol. The molecule has 11 heteroatoms. The average molecular weight is 282 g/mol. The van der Waals surface area contributed by atoms with E-state index in [2.05, 4.69) is 0 Å². The fourth-order valence-corrected chi connectivity index (χ4v) is 2.00. The van der Waals surface area contributed by atoms with Crippen LogP contribution in [0.1, 0.15) is 0 Å². The molecule has 1 saturated heterocycles. The summed E-state index contributed by atoms with van der Waals surface area (Å²) in [4.78, 5) is 0. The van der Waals surface area contributed by atoms with Crippen molar-refractivity contribution in [1.82, 2.24) is 0 Å². The Morgan fingerprint density at radius 3 is 1.19 bits per heavy atom. The van der Waals surface area contributed by atoms with Gasteiger partial charge in [0.1, 0.15) is 0 Å². The standard InChI is InChI=1S/C5F10S/c6-1(3(9,10)11)2(7,8)5(14,15)16-4(1,12)13. The van der Waals surface area contributed by atoms with Crippen LogP contribution >= 0.6 is 11.8 Å². The highest BCUT2D eigenvalue weighted by molar-refractivity contribution is 8.01. The molecule has 1 unspecified atom stereocenters. The second-order valence-corrected chi connectivity index (χ2v) is 4.10. The van der Waals surface area contributed by atoms with E-state index in [9.17, 15) is 43.9 Å². The highest BCUT2D eigenvalue weighted by Crippen LogP contribution is 2.72. The van der Waals surface area contributed by atoms with Gasteiger partial charge in [-0.15, -0.1) is 0 Å². The number of rotatable bonds is 0. The quantitative estimate of drug-likeness (QED) is 0.608. The molecule has 0 amide bonds. The van der Waals surface area contributed by atoms with Crippen molar-refractivity contribution in [2.75, 3.05) is 0 Å². The number of alkyl halides is 10. The van der Waals surface area contributed by atoms with Gasteiger partial charge in [0.05, 0.1) is 0 Å². The Kier molecular flexibility index (Phi) is 2.49. The Labute approximate surface area is 85.0 Å². The fourth-order valence-electron chi connectivity index (χ4n) is 1.02. The van der Waals surface area contributed by atoms with Gasteiger partial charge in [-0.1, -0.05) is 0 Å². The number of thioether (sulfide) groups is 1. The first-order chi connectivity index (χ1) is 6.71. The smallest absolute Gasteiger partial charge is 0.219 e. The van der Waals surface area contributed by atoms with Crippen LogP contribution in [0.3, 0.4) is 0 Å². The van der Waals surface area contributed by atoms with Crippen molar-refractivity contribution in [2.45, 2.75) is 28.3 Å². The van der Waals surface area contributed by atoms with E-state index < -0.39 is 40.0 Å². The summed E-state index contributed by atoms with van der Waals surface area (Å²) in [6.45, 7) is 0. The SMILES string of the molecule is FC(F)(F)C1(F)C(F)(F)SC(F)(F)C1(F)F. The monoisotopic (exact) mass is 282 g/mol. The highest BCUT2D eigenvalue weighted by Gasteiger charge is 2.96. The summed E-state index contributed by atoms with van der Waals surface area (Å²) in [6, 6.07) is 0. The Morgan fingerprint density at radius 1 is 0.688 bits per heavy atom. The summed E-state index contributed by atoms with van der Waals surface area (Å²) in [5.74, 6) is -6.55. The zero-order valence-corrected chi connectivity index (χ0v) is 7.50. The van der Waals surface area contributed by atoms with Gasteiger partial charge in [0, 0.05) is 0 Å². The summed E-state index contributed by atoms with van der Waals surface area (Å²) in [5, 5.41) is -11.8. The molecule has 1 aliphatic rings. The van der Waals surface area contributed by atoms with Crippen LogP contribution in [0, 0.1) is 0 Å². The molecule has 0 aliphatic carbocycles. The average Bonchev–Trinajstić information content (AvgIpc) is 2.05. The van der Waals surface area contributed by atoms with Gasteiger partial charge in [-0.25, -0.2) is 4.39 Å². The fraction of sp³-hybridized carbons (Fsp3) is 1.00. The highest BCUT2D eigenvalue weighted by atomic mass is 32.2. The normalized spacial score (nSPS) is 36.4. The van der Waals surface area contributed by atoms with Gasteiger partial charge in [-0.2, -0.15) is 39.5 Å². The molecule has 0 aromatic rings. The lowest BCUT2D eigenvalue weighted by molar-refractivity contribution is -0.357. The summed E-state index contributed by atoms with van der Waals surface area (Å²) < 4.78 is 122. The van der Waals surface area contributed by atoms with Crippen LogP contribution in [0.2, 0.25) is 0 Å². The van der Waals surface area contributed by atoms with E-state index in [4.69, 9.17) is 0 Å². The molecule has 1 heterocycles. The number of hydrogen-bond donors (Lipinski definition) is 0. The molecular formula is C5F10S. The van der Waals surface area contributed by atoms with E-state index in [0.717, 1.165) is 0 Å². The summed E-state index contributed by atoms with van der Waals surface area (Å²) in [6.07, 6.45) is -6.83. The minimum atomic E-state index is -6.83. The largest absolute Gasteiger partial charge is 0.435 e. The lowest BCUT2D eigenvalue weighted by Gasteiger charge is -2.31. The Hall–Kier alpha value is -0.350. The van der Waals surface area contributed by atoms with Gasteiger partial charge >= 0.3 is 28.3 Å². The summed E-state index contributed by atoms with van der Waals surface area (Å²) in [5.41, 5.74) is -6.60. The molecule has 0 radical (unpaired) electrons. The molecule has 1 fully saturated rings.